The van der Waals surface area contributed by atoms with E-state index in [1.807, 2.05) is 25.1 Å². The van der Waals surface area contributed by atoms with Gasteiger partial charge in [0.15, 0.2) is 0 Å². The third-order valence-corrected chi connectivity index (χ3v) is 3.16. The summed E-state index contributed by atoms with van der Waals surface area (Å²) in [5.74, 6) is -0.326. The van der Waals surface area contributed by atoms with Gasteiger partial charge in [0.2, 0.25) is 0 Å². The van der Waals surface area contributed by atoms with E-state index in [4.69, 9.17) is 5.11 Å². The Labute approximate surface area is 118 Å². The summed E-state index contributed by atoms with van der Waals surface area (Å²) < 4.78 is 13.2. The number of hydrogen-bond acceptors (Lipinski definition) is 3. The van der Waals surface area contributed by atoms with E-state index in [9.17, 15) is 4.39 Å². The molecule has 1 heterocycles. The lowest BCUT2D eigenvalue weighted by atomic mass is 10.1. The van der Waals surface area contributed by atoms with Crippen LogP contribution in [0, 0.1) is 5.82 Å². The predicted molar refractivity (Wildman–Crippen MR) is 78.1 cm³/mol. The number of aliphatic hydroxyl groups excluding tert-OH is 1. The number of benzene rings is 1. The molecule has 0 fully saturated rings. The highest BCUT2D eigenvalue weighted by Crippen LogP contribution is 2.20. The Balaban J connectivity index is 2.05. The van der Waals surface area contributed by atoms with Crippen LogP contribution in [-0.2, 0) is 6.42 Å². The third-order valence-electron chi connectivity index (χ3n) is 3.16. The zero-order chi connectivity index (χ0) is 14.4. The number of aromatic nitrogens is 1. The van der Waals surface area contributed by atoms with E-state index in [1.54, 1.807) is 6.20 Å². The van der Waals surface area contributed by atoms with E-state index >= 15 is 0 Å². The Morgan fingerprint density at radius 1 is 1.30 bits per heavy atom. The predicted octanol–water partition coefficient (Wildman–Crippen LogP) is 3.32. The van der Waals surface area contributed by atoms with Crippen LogP contribution in [0.3, 0.4) is 0 Å². The first-order valence-corrected chi connectivity index (χ1v) is 6.76. The monoisotopic (exact) mass is 274 g/mol. The Kier molecular flexibility index (Phi) is 5.07. The fourth-order valence-corrected chi connectivity index (χ4v) is 2.10. The van der Waals surface area contributed by atoms with Crippen LogP contribution in [0.5, 0.6) is 0 Å². The summed E-state index contributed by atoms with van der Waals surface area (Å²) in [5.41, 5.74) is 2.97. The molecule has 1 atom stereocenters. The summed E-state index contributed by atoms with van der Waals surface area (Å²) in [6.07, 6.45) is 4.47. The van der Waals surface area contributed by atoms with Crippen LogP contribution in [0.4, 0.5) is 10.1 Å². The van der Waals surface area contributed by atoms with E-state index in [1.165, 1.54) is 17.8 Å². The highest BCUT2D eigenvalue weighted by molar-refractivity contribution is 5.47. The van der Waals surface area contributed by atoms with Gasteiger partial charge in [-0.3, -0.25) is 4.98 Å². The first-order valence-electron chi connectivity index (χ1n) is 6.76. The minimum Gasteiger partial charge on any atom is -0.396 e. The number of rotatable bonds is 6. The number of pyridine rings is 1. The summed E-state index contributed by atoms with van der Waals surface area (Å²) in [4.78, 5) is 3.86. The number of nitrogens with zero attached hydrogens (tertiary/aromatic N) is 1. The molecule has 2 aromatic rings. The fraction of sp³-hybridized carbons (Fsp3) is 0.312. The lowest BCUT2D eigenvalue weighted by molar-refractivity contribution is 0.288. The van der Waals surface area contributed by atoms with Gasteiger partial charge in [0.1, 0.15) is 5.82 Å². The minimum atomic E-state index is -0.326. The van der Waals surface area contributed by atoms with Crippen molar-refractivity contribution in [3.05, 3.63) is 59.7 Å². The van der Waals surface area contributed by atoms with Crippen molar-refractivity contribution in [3.8, 4) is 0 Å². The second-order valence-electron chi connectivity index (χ2n) is 4.83. The molecule has 0 saturated heterocycles. The highest BCUT2D eigenvalue weighted by Gasteiger charge is 2.07. The normalized spacial score (nSPS) is 12.2. The van der Waals surface area contributed by atoms with Gasteiger partial charge in [-0.1, -0.05) is 12.1 Å². The van der Waals surface area contributed by atoms with Crippen LogP contribution in [0.25, 0.3) is 0 Å². The molecule has 4 heteroatoms. The second-order valence-corrected chi connectivity index (χ2v) is 4.83. The molecular weight excluding hydrogens is 255 g/mol. The molecule has 1 aromatic carbocycles. The molecule has 0 spiro atoms. The molecule has 1 aromatic heterocycles. The van der Waals surface area contributed by atoms with Crippen molar-refractivity contribution in [1.29, 1.82) is 0 Å². The van der Waals surface area contributed by atoms with Crippen molar-refractivity contribution >= 4 is 5.69 Å². The fourth-order valence-electron chi connectivity index (χ4n) is 2.10. The Morgan fingerprint density at radius 2 is 2.15 bits per heavy atom. The average molecular weight is 274 g/mol. The summed E-state index contributed by atoms with van der Waals surface area (Å²) in [6.45, 7) is 2.17. The van der Waals surface area contributed by atoms with E-state index in [-0.39, 0.29) is 18.5 Å². The van der Waals surface area contributed by atoms with Crippen molar-refractivity contribution in [1.82, 2.24) is 4.98 Å². The van der Waals surface area contributed by atoms with Crippen LogP contribution < -0.4 is 5.32 Å². The molecule has 106 valence electrons. The van der Waals surface area contributed by atoms with E-state index in [0.29, 0.717) is 0 Å². The van der Waals surface area contributed by atoms with Crippen LogP contribution >= 0.6 is 0 Å². The number of halogens is 1. The Hall–Kier alpha value is -1.94. The molecule has 1 unspecified atom stereocenters. The molecule has 3 nitrogen and oxygen atoms in total. The molecule has 0 amide bonds. The Bertz CT molecular complexity index is 560. The number of aliphatic hydroxyl groups is 1. The Morgan fingerprint density at radius 3 is 2.90 bits per heavy atom. The maximum absolute atomic E-state index is 13.2. The molecule has 0 radical (unpaired) electrons. The SMILES string of the molecule is CC(Nc1cccc(CCCO)c1)c1cncc(F)c1. The van der Waals surface area contributed by atoms with Gasteiger partial charge in [-0.25, -0.2) is 4.39 Å². The molecule has 0 aliphatic rings. The third kappa shape index (κ3) is 4.03. The van der Waals surface area contributed by atoms with Gasteiger partial charge in [-0.05, 0) is 49.1 Å². The maximum Gasteiger partial charge on any atom is 0.141 e. The van der Waals surface area contributed by atoms with Crippen LogP contribution in [0.2, 0.25) is 0 Å². The van der Waals surface area contributed by atoms with Gasteiger partial charge in [0.25, 0.3) is 0 Å². The van der Waals surface area contributed by atoms with Crippen LogP contribution in [-0.4, -0.2) is 16.7 Å². The summed E-state index contributed by atoms with van der Waals surface area (Å²) in [6, 6.07) is 9.51. The van der Waals surface area contributed by atoms with Gasteiger partial charge in [0, 0.05) is 18.5 Å². The molecule has 0 bridgehead atoms. The number of aryl methyl sites for hydroxylation is 1. The summed E-state index contributed by atoms with van der Waals surface area (Å²) in [7, 11) is 0. The minimum absolute atomic E-state index is 0.0220. The lowest BCUT2D eigenvalue weighted by Crippen LogP contribution is -2.07. The first kappa shape index (κ1) is 14.5. The summed E-state index contributed by atoms with van der Waals surface area (Å²) in [5, 5.41) is 12.2. The standard InChI is InChI=1S/C16H19FN2O/c1-12(14-9-15(17)11-18-10-14)19-16-6-2-4-13(8-16)5-3-7-20/h2,4,6,8-12,19-20H,3,5,7H2,1H3. The second kappa shape index (κ2) is 7.01. The van der Waals surface area contributed by atoms with Crippen LogP contribution in [0.15, 0.2) is 42.7 Å². The van der Waals surface area contributed by atoms with Crippen molar-refractivity contribution in [2.75, 3.05) is 11.9 Å². The topological polar surface area (TPSA) is 45.1 Å². The van der Waals surface area contributed by atoms with Crippen molar-refractivity contribution in [3.63, 3.8) is 0 Å². The average Bonchev–Trinajstić information content (AvgIpc) is 2.45. The maximum atomic E-state index is 13.2. The number of hydrogen-bond donors (Lipinski definition) is 2. The number of nitrogens with one attached hydrogen (secondary N) is 1. The van der Waals surface area contributed by atoms with Crippen molar-refractivity contribution in [2.45, 2.75) is 25.8 Å². The van der Waals surface area contributed by atoms with Gasteiger partial charge in [-0.15, -0.1) is 0 Å². The van der Waals surface area contributed by atoms with Gasteiger partial charge >= 0.3 is 0 Å². The van der Waals surface area contributed by atoms with Crippen molar-refractivity contribution < 1.29 is 9.50 Å². The molecule has 2 rings (SSSR count). The molecule has 0 saturated carbocycles. The van der Waals surface area contributed by atoms with E-state index < -0.39 is 0 Å². The molecule has 20 heavy (non-hydrogen) atoms. The lowest BCUT2D eigenvalue weighted by Gasteiger charge is -2.16. The van der Waals surface area contributed by atoms with Gasteiger partial charge < -0.3 is 10.4 Å². The molecule has 0 aliphatic heterocycles. The van der Waals surface area contributed by atoms with E-state index in [2.05, 4.69) is 16.4 Å². The smallest absolute Gasteiger partial charge is 0.141 e. The first-order chi connectivity index (χ1) is 9.69. The largest absolute Gasteiger partial charge is 0.396 e. The molecular formula is C16H19FN2O. The zero-order valence-electron chi connectivity index (χ0n) is 11.5. The van der Waals surface area contributed by atoms with E-state index in [0.717, 1.165) is 24.1 Å². The number of anilines is 1. The van der Waals surface area contributed by atoms with Gasteiger partial charge in [-0.2, -0.15) is 0 Å². The summed E-state index contributed by atoms with van der Waals surface area (Å²) >= 11 is 0. The quantitative estimate of drug-likeness (QED) is 0.849. The highest BCUT2D eigenvalue weighted by atomic mass is 19.1. The van der Waals surface area contributed by atoms with Crippen molar-refractivity contribution in [2.24, 2.45) is 0 Å². The van der Waals surface area contributed by atoms with Gasteiger partial charge in [0.05, 0.1) is 12.2 Å². The van der Waals surface area contributed by atoms with Crippen LogP contribution in [0.1, 0.15) is 30.5 Å². The molecule has 0 aliphatic carbocycles. The zero-order valence-corrected chi connectivity index (χ0v) is 11.5. The molecule has 2 N–H and O–H groups in total.